The van der Waals surface area contributed by atoms with Gasteiger partial charge in [-0.3, -0.25) is 0 Å². The van der Waals surface area contributed by atoms with E-state index in [1.807, 2.05) is 30.3 Å². The van der Waals surface area contributed by atoms with Gasteiger partial charge in [-0.25, -0.2) is 0 Å². The van der Waals surface area contributed by atoms with Crippen molar-refractivity contribution < 1.29 is 4.42 Å². The van der Waals surface area contributed by atoms with Gasteiger partial charge in [-0.15, -0.1) is 0 Å². The summed E-state index contributed by atoms with van der Waals surface area (Å²) in [5, 5.41) is 9.61. The molecular formula is C11H7NO. The van der Waals surface area contributed by atoms with Crippen LogP contribution < -0.4 is 0 Å². The Labute approximate surface area is 75.7 Å². The Hall–Kier alpha value is -2.01. The predicted octanol–water partition coefficient (Wildman–Crippen LogP) is 2.97. The molecular weight excluding hydrogens is 162 g/mol. The first-order valence-corrected chi connectivity index (χ1v) is 3.88. The second-order valence-electron chi connectivity index (χ2n) is 2.74. The van der Waals surface area contributed by atoms with Crippen LogP contribution in [-0.4, -0.2) is 0 Å². The maximum atomic E-state index is 8.67. The van der Waals surface area contributed by atoms with Gasteiger partial charge in [0.1, 0.15) is 11.8 Å². The Morgan fingerprint density at radius 3 is 2.92 bits per heavy atom. The maximum Gasteiger partial charge on any atom is 0.134 e. The molecule has 13 heavy (non-hydrogen) atoms. The number of hydrogen-bond acceptors (Lipinski definition) is 2. The number of hydrogen-bond donors (Lipinski definition) is 0. The largest absolute Gasteiger partial charge is 0.464 e. The minimum atomic E-state index is 0.435. The van der Waals surface area contributed by atoms with Gasteiger partial charge < -0.3 is 4.42 Å². The molecule has 0 aliphatic rings. The molecule has 0 amide bonds. The molecule has 0 atom stereocenters. The molecule has 0 aliphatic heterocycles. The summed E-state index contributed by atoms with van der Waals surface area (Å²) >= 11 is 0. The molecule has 1 heterocycles. The van der Waals surface area contributed by atoms with E-state index in [0.29, 0.717) is 5.57 Å². The fourth-order valence-electron chi connectivity index (χ4n) is 1.27. The van der Waals surface area contributed by atoms with E-state index in [0.717, 1.165) is 16.5 Å². The fraction of sp³-hybridized carbons (Fsp3) is 0. The van der Waals surface area contributed by atoms with Crippen molar-refractivity contribution in [2.24, 2.45) is 0 Å². The summed E-state index contributed by atoms with van der Waals surface area (Å²) in [5.41, 5.74) is 2.00. The number of benzene rings is 1. The molecule has 0 bridgehead atoms. The lowest BCUT2D eigenvalue weighted by Crippen LogP contribution is -1.74. The van der Waals surface area contributed by atoms with E-state index in [1.165, 1.54) is 0 Å². The first-order chi connectivity index (χ1) is 6.33. The zero-order chi connectivity index (χ0) is 9.26. The van der Waals surface area contributed by atoms with Crippen molar-refractivity contribution in [2.45, 2.75) is 0 Å². The molecule has 62 valence electrons. The molecule has 0 N–H and O–H groups in total. The van der Waals surface area contributed by atoms with Crippen molar-refractivity contribution in [3.05, 3.63) is 42.7 Å². The Morgan fingerprint density at radius 1 is 1.38 bits per heavy atom. The highest BCUT2D eigenvalue weighted by molar-refractivity contribution is 5.93. The molecule has 1 aromatic carbocycles. The molecule has 0 saturated heterocycles. The fourth-order valence-corrected chi connectivity index (χ4v) is 1.27. The molecule has 2 rings (SSSR count). The predicted molar refractivity (Wildman–Crippen MR) is 50.9 cm³/mol. The number of rotatable bonds is 1. The highest BCUT2D eigenvalue weighted by Crippen LogP contribution is 2.25. The second kappa shape index (κ2) is 2.80. The summed E-state index contributed by atoms with van der Waals surface area (Å²) in [6.45, 7) is 3.64. The summed E-state index contributed by atoms with van der Waals surface area (Å²) in [5.74, 6) is 0. The van der Waals surface area contributed by atoms with Crippen LogP contribution in [0.5, 0.6) is 0 Å². The number of para-hydroxylation sites is 1. The van der Waals surface area contributed by atoms with Gasteiger partial charge in [-0.1, -0.05) is 24.8 Å². The summed E-state index contributed by atoms with van der Waals surface area (Å²) in [4.78, 5) is 0. The third-order valence-corrected chi connectivity index (χ3v) is 1.94. The van der Waals surface area contributed by atoms with E-state index in [-0.39, 0.29) is 0 Å². The zero-order valence-corrected chi connectivity index (χ0v) is 6.95. The molecule has 0 saturated carbocycles. The number of nitrogens with zero attached hydrogens (tertiary/aromatic N) is 1. The van der Waals surface area contributed by atoms with E-state index in [2.05, 4.69) is 6.58 Å². The molecule has 0 fully saturated rings. The number of fused-ring (bicyclic) bond motifs is 1. The average Bonchev–Trinajstić information content (AvgIpc) is 2.60. The van der Waals surface area contributed by atoms with Gasteiger partial charge in [0.25, 0.3) is 0 Å². The third kappa shape index (κ3) is 1.11. The highest BCUT2D eigenvalue weighted by atomic mass is 16.3. The van der Waals surface area contributed by atoms with Gasteiger partial charge in [-0.2, -0.15) is 5.26 Å². The molecule has 2 aromatic rings. The standard InChI is InChI=1S/C11H7NO/c1-8(6-12)10-7-13-11-5-3-2-4-9(10)11/h2-5,7H,1H2. The topological polar surface area (TPSA) is 36.9 Å². The van der Waals surface area contributed by atoms with Crippen molar-refractivity contribution in [3.8, 4) is 6.07 Å². The Kier molecular flexibility index (Phi) is 1.64. The number of allylic oxidation sites excluding steroid dienone is 1. The monoisotopic (exact) mass is 169 g/mol. The van der Waals surface area contributed by atoms with Crippen molar-refractivity contribution in [1.82, 2.24) is 0 Å². The first kappa shape index (κ1) is 7.63. The smallest absolute Gasteiger partial charge is 0.134 e. The first-order valence-electron chi connectivity index (χ1n) is 3.88. The number of nitriles is 1. The lowest BCUT2D eigenvalue weighted by molar-refractivity contribution is 0.615. The molecule has 0 aliphatic carbocycles. The quantitative estimate of drug-likeness (QED) is 0.615. The van der Waals surface area contributed by atoms with Gasteiger partial charge in [-0.05, 0) is 6.07 Å². The van der Waals surface area contributed by atoms with Crippen molar-refractivity contribution in [1.29, 1.82) is 5.26 Å². The van der Waals surface area contributed by atoms with Crippen LogP contribution in [0.15, 0.2) is 41.5 Å². The molecule has 0 unspecified atom stereocenters. The Morgan fingerprint density at radius 2 is 2.15 bits per heavy atom. The van der Waals surface area contributed by atoms with E-state index in [9.17, 15) is 0 Å². The van der Waals surface area contributed by atoms with E-state index in [4.69, 9.17) is 9.68 Å². The van der Waals surface area contributed by atoms with Crippen LogP contribution in [-0.2, 0) is 0 Å². The SMILES string of the molecule is C=C(C#N)c1coc2ccccc12. The summed E-state index contributed by atoms with van der Waals surface area (Å²) in [6.07, 6.45) is 1.57. The van der Waals surface area contributed by atoms with Crippen LogP contribution in [0.1, 0.15) is 5.56 Å². The van der Waals surface area contributed by atoms with Crippen LogP contribution >= 0.6 is 0 Å². The van der Waals surface area contributed by atoms with E-state index in [1.54, 1.807) is 6.26 Å². The Bertz CT molecular complexity index is 502. The molecule has 0 radical (unpaired) electrons. The van der Waals surface area contributed by atoms with Crippen LogP contribution in [0.2, 0.25) is 0 Å². The number of furan rings is 1. The van der Waals surface area contributed by atoms with Crippen molar-refractivity contribution >= 4 is 16.5 Å². The third-order valence-electron chi connectivity index (χ3n) is 1.94. The van der Waals surface area contributed by atoms with Gasteiger partial charge >= 0.3 is 0 Å². The van der Waals surface area contributed by atoms with E-state index >= 15 is 0 Å². The van der Waals surface area contributed by atoms with Crippen molar-refractivity contribution in [2.75, 3.05) is 0 Å². The molecule has 0 spiro atoms. The van der Waals surface area contributed by atoms with Crippen LogP contribution in [0.25, 0.3) is 16.5 Å². The van der Waals surface area contributed by atoms with Gasteiger partial charge in [0.2, 0.25) is 0 Å². The zero-order valence-electron chi connectivity index (χ0n) is 6.95. The summed E-state index contributed by atoms with van der Waals surface area (Å²) in [7, 11) is 0. The Balaban J connectivity index is 2.73. The van der Waals surface area contributed by atoms with Gasteiger partial charge in [0.05, 0.1) is 11.6 Å². The average molecular weight is 169 g/mol. The lowest BCUT2D eigenvalue weighted by atomic mass is 10.1. The highest BCUT2D eigenvalue weighted by Gasteiger charge is 2.06. The minimum Gasteiger partial charge on any atom is -0.464 e. The normalized spacial score (nSPS) is 9.77. The molecule has 1 aromatic heterocycles. The van der Waals surface area contributed by atoms with E-state index < -0.39 is 0 Å². The summed E-state index contributed by atoms with van der Waals surface area (Å²) in [6, 6.07) is 9.59. The maximum absolute atomic E-state index is 8.67. The summed E-state index contributed by atoms with van der Waals surface area (Å²) < 4.78 is 5.26. The minimum absolute atomic E-state index is 0.435. The van der Waals surface area contributed by atoms with Crippen molar-refractivity contribution in [3.63, 3.8) is 0 Å². The van der Waals surface area contributed by atoms with Crippen LogP contribution in [0.3, 0.4) is 0 Å². The second-order valence-corrected chi connectivity index (χ2v) is 2.74. The van der Waals surface area contributed by atoms with Gasteiger partial charge in [0.15, 0.2) is 0 Å². The van der Waals surface area contributed by atoms with Gasteiger partial charge in [0, 0.05) is 10.9 Å². The molecule has 2 heteroatoms. The molecule has 2 nitrogen and oxygen atoms in total. The van der Waals surface area contributed by atoms with Crippen LogP contribution in [0, 0.1) is 11.3 Å². The van der Waals surface area contributed by atoms with Crippen LogP contribution in [0.4, 0.5) is 0 Å². The lowest BCUT2D eigenvalue weighted by Gasteiger charge is -1.90.